The number of amides is 2. The van der Waals surface area contributed by atoms with Crippen molar-refractivity contribution in [1.82, 2.24) is 20.1 Å². The molecule has 48 heavy (non-hydrogen) atoms. The zero-order chi connectivity index (χ0) is 33.8. The third-order valence-electron chi connectivity index (χ3n) is 9.64. The predicted molar refractivity (Wildman–Crippen MR) is 162 cm³/mol. The number of halogens is 3. The maximum absolute atomic E-state index is 16.3. The van der Waals surface area contributed by atoms with Crippen LogP contribution in [-0.2, 0) is 15.8 Å². The van der Waals surface area contributed by atoms with Gasteiger partial charge in [0.05, 0.1) is 25.4 Å². The number of hydrogen-bond donors (Lipinski definition) is 3. The number of nitrogens with two attached hydrogens (primary N) is 1. The van der Waals surface area contributed by atoms with Crippen LogP contribution >= 0.6 is 0 Å². The summed E-state index contributed by atoms with van der Waals surface area (Å²) in [5.74, 6) is -1.37. The van der Waals surface area contributed by atoms with Crippen molar-refractivity contribution in [3.63, 3.8) is 0 Å². The van der Waals surface area contributed by atoms with Gasteiger partial charge in [0.25, 0.3) is 5.91 Å². The monoisotopic (exact) mass is 665 g/mol. The molecule has 4 heterocycles. The van der Waals surface area contributed by atoms with E-state index in [1.165, 1.54) is 44.4 Å². The second-order valence-electron chi connectivity index (χ2n) is 13.0. The highest BCUT2D eigenvalue weighted by Crippen LogP contribution is 2.55. The molecule has 0 spiro atoms. The van der Waals surface area contributed by atoms with Gasteiger partial charge in [-0.05, 0) is 69.0 Å². The van der Waals surface area contributed by atoms with Gasteiger partial charge in [-0.3, -0.25) is 14.3 Å². The van der Waals surface area contributed by atoms with Gasteiger partial charge < -0.3 is 35.1 Å². The summed E-state index contributed by atoms with van der Waals surface area (Å²) < 4.78 is 66.3. The number of carbonyl (C=O) groups excluding carboxylic acids is 2. The van der Waals surface area contributed by atoms with E-state index in [0.29, 0.717) is 22.7 Å². The first-order valence-electron chi connectivity index (χ1n) is 15.4. The number of fused-ring (bicyclic) bond motifs is 3. The van der Waals surface area contributed by atoms with Crippen LogP contribution < -0.4 is 30.0 Å². The number of methoxy groups -OCH3 is 1. The summed E-state index contributed by atoms with van der Waals surface area (Å²) in [5, 5.41) is 20.1. The molecule has 1 unspecified atom stereocenters. The molecule has 4 N–H and O–H groups in total. The highest BCUT2D eigenvalue weighted by atomic mass is 19.3. The van der Waals surface area contributed by atoms with E-state index in [4.69, 9.17) is 15.2 Å². The molecule has 4 aliphatic rings. The molecule has 15 heteroatoms. The highest BCUT2D eigenvalue weighted by Gasteiger charge is 2.62. The molecule has 0 bridgehead atoms. The van der Waals surface area contributed by atoms with Gasteiger partial charge in [-0.15, -0.1) is 8.78 Å². The second-order valence-corrected chi connectivity index (χ2v) is 13.0. The Labute approximate surface area is 270 Å². The van der Waals surface area contributed by atoms with E-state index in [0.717, 1.165) is 12.8 Å². The summed E-state index contributed by atoms with van der Waals surface area (Å²) in [7, 11) is 1.47. The van der Waals surface area contributed by atoms with Crippen molar-refractivity contribution in [3.05, 3.63) is 59.4 Å². The Hall–Kier alpha value is -5.05. The molecule has 2 saturated carbocycles. The Bertz CT molecular complexity index is 2050. The number of ether oxygens (including phenoxy) is 4. The van der Waals surface area contributed by atoms with Crippen molar-refractivity contribution in [2.24, 2.45) is 5.73 Å². The standard InChI is InChI=1S/C33H30F3N5O7/c1-30(29(37)43)15-46-27-20(30)12-24(39-26(27)16-3-6-21-22(10-16)48-33(35,36)47-21)32(44,31(34)7-8-31)14-38-28(42)17-9-18-13-41(19-4-5-19)40-25(18)23(11-17)45-2/h3,6,9-13,19,44H,4-5,7-8,14-15H2,1-2H3,(H2,37,43)(H,38,42)/t30-,32?/m0/s1. The van der Waals surface area contributed by atoms with Gasteiger partial charge in [-0.25, -0.2) is 9.37 Å². The molecule has 8 rings (SSSR count). The van der Waals surface area contributed by atoms with E-state index in [-0.39, 0.29) is 64.8 Å². The minimum atomic E-state index is -3.88. The fourth-order valence-corrected chi connectivity index (χ4v) is 6.34. The average Bonchev–Trinajstić information content (AvgIpc) is 3.94. The molecular formula is C33H30F3N5O7. The van der Waals surface area contributed by atoms with E-state index in [2.05, 4.69) is 24.9 Å². The summed E-state index contributed by atoms with van der Waals surface area (Å²) in [6.07, 6.45) is -0.0699. The molecule has 2 fully saturated rings. The van der Waals surface area contributed by atoms with E-state index in [1.54, 1.807) is 6.07 Å². The van der Waals surface area contributed by atoms with Crippen molar-refractivity contribution in [3.8, 4) is 34.3 Å². The molecule has 2 atom stereocenters. The third kappa shape index (κ3) is 4.62. The van der Waals surface area contributed by atoms with Gasteiger partial charge in [-0.2, -0.15) is 5.10 Å². The largest absolute Gasteiger partial charge is 0.586 e. The van der Waals surface area contributed by atoms with E-state index >= 15 is 4.39 Å². The van der Waals surface area contributed by atoms with Crippen LogP contribution in [0, 0.1) is 0 Å². The first-order chi connectivity index (χ1) is 22.7. The normalized spacial score (nSPS) is 22.5. The molecule has 12 nitrogen and oxygen atoms in total. The Kier molecular flexibility index (Phi) is 6.30. The number of rotatable bonds is 9. The molecule has 2 amide bonds. The molecule has 2 aliphatic carbocycles. The predicted octanol–water partition coefficient (Wildman–Crippen LogP) is 4.02. The number of nitrogens with zero attached hydrogens (tertiary/aromatic N) is 3. The number of aromatic nitrogens is 3. The topological polar surface area (TPSA) is 160 Å². The SMILES string of the molecule is COc1cc(C(=O)NCC(O)(c2cc3c(c(-c4ccc5c(c4)OC(F)(F)O5)n2)OC[C@]3(C)C(N)=O)C2(F)CC2)cc2cn(C3CC3)nc12. The first kappa shape index (κ1) is 30.3. The molecule has 2 aliphatic heterocycles. The van der Waals surface area contributed by atoms with Crippen LogP contribution in [-0.4, -0.2) is 63.9 Å². The maximum Gasteiger partial charge on any atom is 0.586 e. The molecule has 0 radical (unpaired) electrons. The fraction of sp³-hybridized carbons (Fsp3) is 0.394. The number of hydrogen-bond acceptors (Lipinski definition) is 9. The Morgan fingerprint density at radius 2 is 1.90 bits per heavy atom. The summed E-state index contributed by atoms with van der Waals surface area (Å²) >= 11 is 0. The minimum Gasteiger partial charge on any atom is -0.494 e. The smallest absolute Gasteiger partial charge is 0.494 e. The van der Waals surface area contributed by atoms with Gasteiger partial charge in [0.1, 0.15) is 40.4 Å². The maximum atomic E-state index is 16.3. The zero-order valence-electron chi connectivity index (χ0n) is 25.8. The second kappa shape index (κ2) is 9.98. The number of carbonyl (C=O) groups is 2. The lowest BCUT2D eigenvalue weighted by molar-refractivity contribution is -0.286. The van der Waals surface area contributed by atoms with E-state index < -0.39 is 41.3 Å². The van der Waals surface area contributed by atoms with Crippen LogP contribution in [0.1, 0.15) is 60.3 Å². The third-order valence-corrected chi connectivity index (χ3v) is 9.64. The van der Waals surface area contributed by atoms with Gasteiger partial charge in [0.2, 0.25) is 5.91 Å². The fourth-order valence-electron chi connectivity index (χ4n) is 6.34. The zero-order valence-corrected chi connectivity index (χ0v) is 25.8. The highest BCUT2D eigenvalue weighted by molar-refractivity contribution is 6.00. The molecular weight excluding hydrogens is 635 g/mol. The van der Waals surface area contributed by atoms with E-state index in [9.17, 15) is 23.5 Å². The van der Waals surface area contributed by atoms with Crippen molar-refractivity contribution in [1.29, 1.82) is 0 Å². The summed E-state index contributed by atoms with van der Waals surface area (Å²) in [6, 6.07) is 8.72. The van der Waals surface area contributed by atoms with Crippen molar-refractivity contribution in [2.75, 3.05) is 20.3 Å². The molecule has 4 aromatic rings. The molecule has 2 aromatic carbocycles. The summed E-state index contributed by atoms with van der Waals surface area (Å²) in [5.41, 5.74) is 0.820. The molecule has 2 aromatic heterocycles. The lowest BCUT2D eigenvalue weighted by Crippen LogP contribution is -2.49. The summed E-state index contributed by atoms with van der Waals surface area (Å²) in [4.78, 5) is 30.8. The quantitative estimate of drug-likeness (QED) is 0.240. The number of benzene rings is 2. The minimum absolute atomic E-state index is 0.0194. The van der Waals surface area contributed by atoms with Gasteiger partial charge in [0, 0.05) is 28.3 Å². The lowest BCUT2D eigenvalue weighted by atomic mass is 9.80. The van der Waals surface area contributed by atoms with Crippen LogP contribution in [0.15, 0.2) is 42.6 Å². The number of primary amides is 1. The number of nitrogens with one attached hydrogen (secondary N) is 1. The van der Waals surface area contributed by atoms with Gasteiger partial charge in [0.15, 0.2) is 17.1 Å². The Morgan fingerprint density at radius 1 is 1.15 bits per heavy atom. The Morgan fingerprint density at radius 3 is 2.58 bits per heavy atom. The van der Waals surface area contributed by atoms with Gasteiger partial charge in [-0.1, -0.05) is 0 Å². The van der Waals surface area contributed by atoms with Crippen LogP contribution in [0.3, 0.4) is 0 Å². The first-order valence-corrected chi connectivity index (χ1v) is 15.4. The van der Waals surface area contributed by atoms with Crippen LogP contribution in [0.25, 0.3) is 22.2 Å². The van der Waals surface area contributed by atoms with Crippen LogP contribution in [0.2, 0.25) is 0 Å². The number of pyridine rings is 1. The molecule has 250 valence electrons. The number of alkyl halides is 3. The van der Waals surface area contributed by atoms with Crippen LogP contribution in [0.5, 0.6) is 23.0 Å². The average molecular weight is 666 g/mol. The summed E-state index contributed by atoms with van der Waals surface area (Å²) in [6.45, 7) is 0.750. The van der Waals surface area contributed by atoms with E-state index in [1.807, 2.05) is 10.9 Å². The van der Waals surface area contributed by atoms with Crippen molar-refractivity contribution < 1.29 is 46.8 Å². The van der Waals surface area contributed by atoms with Gasteiger partial charge >= 0.3 is 6.29 Å². The van der Waals surface area contributed by atoms with Crippen molar-refractivity contribution in [2.45, 2.75) is 61.6 Å². The van der Waals surface area contributed by atoms with Crippen molar-refractivity contribution >= 4 is 22.7 Å². The van der Waals surface area contributed by atoms with Crippen LogP contribution in [0.4, 0.5) is 13.2 Å². The lowest BCUT2D eigenvalue weighted by Gasteiger charge is -2.33. The Balaban J connectivity index is 1.18. The molecule has 0 saturated heterocycles. The number of aliphatic hydroxyl groups is 1.